The van der Waals surface area contributed by atoms with Gasteiger partial charge in [0.2, 0.25) is 5.91 Å². The molecule has 0 saturated carbocycles. The van der Waals surface area contributed by atoms with Crippen LogP contribution in [0.4, 0.5) is 0 Å². The second-order valence-electron chi connectivity index (χ2n) is 7.30. The summed E-state index contributed by atoms with van der Waals surface area (Å²) in [6.07, 6.45) is 4.01. The van der Waals surface area contributed by atoms with E-state index in [0.717, 1.165) is 13.0 Å². The van der Waals surface area contributed by atoms with Crippen LogP contribution in [0.1, 0.15) is 50.3 Å². The summed E-state index contributed by atoms with van der Waals surface area (Å²) in [5, 5.41) is 3.86. The molecule has 0 bridgehead atoms. The number of carbonyl (C=O) groups is 1. The minimum Gasteiger partial charge on any atom is -0.344 e. The number of piperidine rings is 1. The Morgan fingerprint density at radius 3 is 2.76 bits per heavy atom. The Hall–Kier alpha value is -1.35. The fraction of sp³-hybridized carbons (Fsp3) is 0.611. The van der Waals surface area contributed by atoms with Crippen molar-refractivity contribution in [3.8, 4) is 0 Å². The minimum atomic E-state index is 0.258. The number of nitrogens with one attached hydrogen (secondary N) is 1. The van der Waals surface area contributed by atoms with E-state index in [-0.39, 0.29) is 11.3 Å². The molecule has 2 aliphatic rings. The highest BCUT2D eigenvalue weighted by molar-refractivity contribution is 5.76. The molecular formula is C18H26N2O. The zero-order valence-corrected chi connectivity index (χ0v) is 13.4. The van der Waals surface area contributed by atoms with Crippen molar-refractivity contribution in [2.24, 2.45) is 5.41 Å². The lowest BCUT2D eigenvalue weighted by molar-refractivity contribution is -0.132. The third kappa shape index (κ3) is 2.84. The van der Waals surface area contributed by atoms with E-state index in [2.05, 4.69) is 43.4 Å². The van der Waals surface area contributed by atoms with Crippen molar-refractivity contribution in [3.63, 3.8) is 0 Å². The number of nitrogens with zero attached hydrogens (tertiary/aromatic N) is 1. The molecule has 0 radical (unpaired) electrons. The Morgan fingerprint density at radius 2 is 2.00 bits per heavy atom. The molecule has 0 aromatic heterocycles. The van der Waals surface area contributed by atoms with Gasteiger partial charge >= 0.3 is 0 Å². The zero-order valence-electron chi connectivity index (χ0n) is 13.4. The molecule has 1 aliphatic heterocycles. The summed E-state index contributed by atoms with van der Waals surface area (Å²) in [5.41, 5.74) is 3.19. The number of amides is 1. The second-order valence-corrected chi connectivity index (χ2v) is 7.30. The normalized spacial score (nSPS) is 28.3. The van der Waals surface area contributed by atoms with Gasteiger partial charge in [-0.15, -0.1) is 0 Å². The van der Waals surface area contributed by atoms with Gasteiger partial charge < -0.3 is 10.2 Å². The van der Waals surface area contributed by atoms with Crippen molar-refractivity contribution >= 4 is 5.91 Å². The van der Waals surface area contributed by atoms with Gasteiger partial charge in [-0.2, -0.15) is 0 Å². The average molecular weight is 286 g/mol. The Labute approximate surface area is 127 Å². The number of carbonyl (C=O) groups excluding carboxylic acids is 1. The number of likely N-dealkylation sites (N-methyl/N-ethyl adjacent to an activating group) is 1. The van der Waals surface area contributed by atoms with Gasteiger partial charge in [0, 0.05) is 32.1 Å². The number of hydrogen-bond donors (Lipinski definition) is 1. The topological polar surface area (TPSA) is 32.3 Å². The van der Waals surface area contributed by atoms with Gasteiger partial charge in [-0.3, -0.25) is 4.79 Å². The molecule has 21 heavy (non-hydrogen) atoms. The monoisotopic (exact) mass is 286 g/mol. The van der Waals surface area contributed by atoms with E-state index < -0.39 is 0 Å². The maximum atomic E-state index is 11.7. The number of hydrogen-bond acceptors (Lipinski definition) is 2. The van der Waals surface area contributed by atoms with Gasteiger partial charge in [0.05, 0.1) is 0 Å². The van der Waals surface area contributed by atoms with Crippen LogP contribution in [0.25, 0.3) is 0 Å². The fourth-order valence-corrected chi connectivity index (χ4v) is 3.76. The van der Waals surface area contributed by atoms with Gasteiger partial charge in [0.15, 0.2) is 0 Å². The minimum absolute atomic E-state index is 0.258. The molecule has 3 heteroatoms. The van der Waals surface area contributed by atoms with E-state index in [0.29, 0.717) is 18.5 Å². The fourth-order valence-electron chi connectivity index (χ4n) is 3.76. The van der Waals surface area contributed by atoms with E-state index in [9.17, 15) is 4.79 Å². The molecule has 1 aromatic carbocycles. The summed E-state index contributed by atoms with van der Waals surface area (Å²) in [6.45, 7) is 5.55. The number of benzene rings is 1. The molecule has 114 valence electrons. The molecule has 1 heterocycles. The zero-order chi connectivity index (χ0) is 15.0. The molecule has 1 aliphatic carbocycles. The summed E-state index contributed by atoms with van der Waals surface area (Å²) in [6, 6.07) is 9.60. The predicted octanol–water partition coefficient (Wildman–Crippen LogP) is 2.91. The van der Waals surface area contributed by atoms with E-state index >= 15 is 0 Å². The summed E-state index contributed by atoms with van der Waals surface area (Å²) < 4.78 is 0. The van der Waals surface area contributed by atoms with Crippen LogP contribution in [0.3, 0.4) is 0 Å². The van der Waals surface area contributed by atoms with Crippen LogP contribution in [-0.2, 0) is 11.2 Å². The maximum absolute atomic E-state index is 11.7. The lowest BCUT2D eigenvalue weighted by Gasteiger charge is -2.44. The molecule has 3 rings (SSSR count). The largest absolute Gasteiger partial charge is 0.344 e. The summed E-state index contributed by atoms with van der Waals surface area (Å²) in [4.78, 5) is 13.5. The lowest BCUT2D eigenvalue weighted by atomic mass is 9.70. The molecule has 1 saturated heterocycles. The molecule has 1 N–H and O–H groups in total. The Kier molecular flexibility index (Phi) is 3.78. The van der Waals surface area contributed by atoms with Crippen LogP contribution in [0, 0.1) is 5.41 Å². The van der Waals surface area contributed by atoms with Gasteiger partial charge in [-0.05, 0) is 35.8 Å². The highest BCUT2D eigenvalue weighted by Gasteiger charge is 2.37. The first-order valence-corrected chi connectivity index (χ1v) is 8.05. The molecule has 1 aromatic rings. The van der Waals surface area contributed by atoms with Crippen LogP contribution >= 0.6 is 0 Å². The first-order chi connectivity index (χ1) is 9.97. The number of aryl methyl sites for hydroxylation is 1. The maximum Gasteiger partial charge on any atom is 0.222 e. The van der Waals surface area contributed by atoms with E-state index in [1.807, 2.05) is 11.9 Å². The molecule has 0 spiro atoms. The smallest absolute Gasteiger partial charge is 0.222 e. The van der Waals surface area contributed by atoms with Gasteiger partial charge in [0.25, 0.3) is 0 Å². The molecule has 1 fully saturated rings. The standard InChI is InChI=1S/C18H26N2O/c1-18(2)11-10-13-6-4-5-7-15(13)17(18)19-14-8-9-16(21)20(3)12-14/h4-7,14,17,19H,8-12H2,1-3H3. The van der Waals surface area contributed by atoms with E-state index in [1.165, 1.54) is 24.0 Å². The number of rotatable bonds is 2. The van der Waals surface area contributed by atoms with Crippen LogP contribution in [-0.4, -0.2) is 30.4 Å². The van der Waals surface area contributed by atoms with Crippen LogP contribution in [0.2, 0.25) is 0 Å². The third-order valence-corrected chi connectivity index (χ3v) is 5.22. The average Bonchev–Trinajstić information content (AvgIpc) is 2.46. The SMILES string of the molecule is CN1CC(NC2c3ccccc3CCC2(C)C)CCC1=O. The molecule has 2 unspecified atom stereocenters. The summed E-state index contributed by atoms with van der Waals surface area (Å²) >= 11 is 0. The van der Waals surface area contributed by atoms with Gasteiger partial charge in [0.1, 0.15) is 0 Å². The molecule has 1 amide bonds. The van der Waals surface area contributed by atoms with Crippen LogP contribution < -0.4 is 5.32 Å². The van der Waals surface area contributed by atoms with Crippen molar-refractivity contribution in [2.75, 3.05) is 13.6 Å². The highest BCUT2D eigenvalue weighted by atomic mass is 16.2. The first kappa shape index (κ1) is 14.6. The van der Waals surface area contributed by atoms with Crippen molar-refractivity contribution < 1.29 is 4.79 Å². The second kappa shape index (κ2) is 5.45. The van der Waals surface area contributed by atoms with Crippen molar-refractivity contribution in [1.82, 2.24) is 10.2 Å². The van der Waals surface area contributed by atoms with Gasteiger partial charge in [-0.25, -0.2) is 0 Å². The number of likely N-dealkylation sites (tertiary alicyclic amines) is 1. The van der Waals surface area contributed by atoms with Crippen LogP contribution in [0.15, 0.2) is 24.3 Å². The molecular weight excluding hydrogens is 260 g/mol. The van der Waals surface area contributed by atoms with E-state index in [1.54, 1.807) is 0 Å². The first-order valence-electron chi connectivity index (χ1n) is 8.05. The quantitative estimate of drug-likeness (QED) is 0.906. The summed E-state index contributed by atoms with van der Waals surface area (Å²) in [7, 11) is 1.91. The van der Waals surface area contributed by atoms with E-state index in [4.69, 9.17) is 0 Å². The third-order valence-electron chi connectivity index (χ3n) is 5.22. The van der Waals surface area contributed by atoms with Crippen molar-refractivity contribution in [3.05, 3.63) is 35.4 Å². The molecule has 2 atom stereocenters. The van der Waals surface area contributed by atoms with Crippen molar-refractivity contribution in [2.45, 2.75) is 51.6 Å². The van der Waals surface area contributed by atoms with Crippen molar-refractivity contribution in [1.29, 1.82) is 0 Å². The summed E-state index contributed by atoms with van der Waals surface area (Å²) in [5.74, 6) is 0.274. The predicted molar refractivity (Wildman–Crippen MR) is 85.1 cm³/mol. The van der Waals surface area contributed by atoms with Crippen LogP contribution in [0.5, 0.6) is 0 Å². The van der Waals surface area contributed by atoms with Gasteiger partial charge in [-0.1, -0.05) is 38.1 Å². The number of fused-ring (bicyclic) bond motifs is 1. The Balaban J connectivity index is 1.81. The molecule has 3 nitrogen and oxygen atoms in total. The Morgan fingerprint density at radius 1 is 1.24 bits per heavy atom. The highest BCUT2D eigenvalue weighted by Crippen LogP contribution is 2.43. The Bertz CT molecular complexity index is 538. The lowest BCUT2D eigenvalue weighted by Crippen LogP contribution is -2.50.